The molecular weight excluding hydrogens is 236 g/mol. The predicted octanol–water partition coefficient (Wildman–Crippen LogP) is 2.27. The Morgan fingerprint density at radius 1 is 1.26 bits per heavy atom. The molecule has 104 valence electrons. The van der Waals surface area contributed by atoms with Gasteiger partial charge in [-0.3, -0.25) is 4.79 Å². The third-order valence-corrected chi connectivity index (χ3v) is 3.87. The van der Waals surface area contributed by atoms with Crippen molar-refractivity contribution in [3.05, 3.63) is 35.4 Å². The highest BCUT2D eigenvalue weighted by molar-refractivity contribution is 5.76. The van der Waals surface area contributed by atoms with Crippen molar-refractivity contribution >= 4 is 5.91 Å². The van der Waals surface area contributed by atoms with E-state index in [1.54, 1.807) is 0 Å². The second-order valence-electron chi connectivity index (χ2n) is 5.56. The van der Waals surface area contributed by atoms with Gasteiger partial charge >= 0.3 is 0 Å². The Morgan fingerprint density at radius 3 is 2.53 bits per heavy atom. The number of benzene rings is 1. The molecule has 0 aliphatic carbocycles. The van der Waals surface area contributed by atoms with Gasteiger partial charge in [0.05, 0.1) is 0 Å². The number of likely N-dealkylation sites (tertiary alicyclic amines) is 1. The van der Waals surface area contributed by atoms with Gasteiger partial charge in [0.2, 0.25) is 5.91 Å². The molecule has 0 aromatic heterocycles. The van der Waals surface area contributed by atoms with Gasteiger partial charge in [-0.05, 0) is 38.2 Å². The van der Waals surface area contributed by atoms with E-state index in [4.69, 9.17) is 5.73 Å². The van der Waals surface area contributed by atoms with Crippen molar-refractivity contribution in [2.24, 2.45) is 5.73 Å². The highest BCUT2D eigenvalue weighted by Crippen LogP contribution is 2.12. The molecule has 3 nitrogen and oxygen atoms in total. The number of nitrogens with zero attached hydrogens (tertiary/aromatic N) is 1. The van der Waals surface area contributed by atoms with E-state index >= 15 is 0 Å². The number of aryl methyl sites for hydroxylation is 2. The molecule has 1 heterocycles. The highest BCUT2D eigenvalue weighted by Gasteiger charge is 2.19. The maximum atomic E-state index is 12.0. The monoisotopic (exact) mass is 260 g/mol. The van der Waals surface area contributed by atoms with Crippen molar-refractivity contribution in [3.63, 3.8) is 0 Å². The molecule has 2 rings (SSSR count). The van der Waals surface area contributed by atoms with Crippen LogP contribution in [0.3, 0.4) is 0 Å². The Balaban J connectivity index is 1.70. The maximum Gasteiger partial charge on any atom is 0.222 e. The smallest absolute Gasteiger partial charge is 0.222 e. The average Bonchev–Trinajstić information content (AvgIpc) is 2.41. The summed E-state index contributed by atoms with van der Waals surface area (Å²) in [6.07, 6.45) is 4.47. The molecule has 1 saturated heterocycles. The van der Waals surface area contributed by atoms with Gasteiger partial charge < -0.3 is 10.6 Å². The summed E-state index contributed by atoms with van der Waals surface area (Å²) in [6.45, 7) is 3.77. The van der Waals surface area contributed by atoms with Gasteiger partial charge in [-0.25, -0.2) is 0 Å². The molecule has 1 aliphatic rings. The van der Waals surface area contributed by atoms with Crippen LogP contribution in [0.2, 0.25) is 0 Å². The molecular formula is C16H24N2O. The lowest BCUT2D eigenvalue weighted by Crippen LogP contribution is -2.42. The van der Waals surface area contributed by atoms with Crippen molar-refractivity contribution in [2.45, 2.75) is 45.1 Å². The molecule has 1 aromatic carbocycles. The van der Waals surface area contributed by atoms with Crippen LogP contribution in [-0.4, -0.2) is 29.9 Å². The zero-order valence-corrected chi connectivity index (χ0v) is 11.8. The lowest BCUT2D eigenvalue weighted by molar-refractivity contribution is -0.132. The lowest BCUT2D eigenvalue weighted by atomic mass is 10.0. The van der Waals surface area contributed by atoms with Crippen LogP contribution in [0.1, 0.15) is 36.8 Å². The molecule has 0 bridgehead atoms. The Bertz CT molecular complexity index is 405. The first-order chi connectivity index (χ1) is 9.15. The number of carbonyl (C=O) groups is 1. The minimum absolute atomic E-state index is 0.289. The number of hydrogen-bond donors (Lipinski definition) is 1. The summed E-state index contributed by atoms with van der Waals surface area (Å²) in [5, 5.41) is 0. The first-order valence-corrected chi connectivity index (χ1v) is 7.24. The second kappa shape index (κ2) is 6.71. The van der Waals surface area contributed by atoms with E-state index in [1.165, 1.54) is 11.1 Å². The molecule has 0 atom stereocenters. The number of hydrogen-bond acceptors (Lipinski definition) is 2. The standard InChI is InChI=1S/C16H24N2O/c1-13-5-7-14(8-6-13)3-2-4-16(19)18-11-9-15(17)10-12-18/h5-8,15H,2-4,9-12,17H2,1H3. The van der Waals surface area contributed by atoms with Crippen LogP contribution in [0.4, 0.5) is 0 Å². The summed E-state index contributed by atoms with van der Waals surface area (Å²) in [5.74, 6) is 0.291. The summed E-state index contributed by atoms with van der Waals surface area (Å²) in [7, 11) is 0. The largest absolute Gasteiger partial charge is 0.343 e. The first kappa shape index (κ1) is 14.1. The van der Waals surface area contributed by atoms with E-state index in [-0.39, 0.29) is 6.04 Å². The van der Waals surface area contributed by atoms with Crippen molar-refractivity contribution in [2.75, 3.05) is 13.1 Å². The van der Waals surface area contributed by atoms with Gasteiger partial charge in [0.1, 0.15) is 0 Å². The van der Waals surface area contributed by atoms with E-state index in [1.807, 2.05) is 4.90 Å². The highest BCUT2D eigenvalue weighted by atomic mass is 16.2. The van der Waals surface area contributed by atoms with Gasteiger partial charge in [-0.1, -0.05) is 29.8 Å². The van der Waals surface area contributed by atoms with Crippen LogP contribution >= 0.6 is 0 Å². The second-order valence-corrected chi connectivity index (χ2v) is 5.56. The lowest BCUT2D eigenvalue weighted by Gasteiger charge is -2.30. The Kier molecular flexibility index (Phi) is 4.97. The van der Waals surface area contributed by atoms with E-state index in [0.717, 1.165) is 38.8 Å². The topological polar surface area (TPSA) is 46.3 Å². The molecule has 2 N–H and O–H groups in total. The fourth-order valence-electron chi connectivity index (χ4n) is 2.51. The van der Waals surface area contributed by atoms with Gasteiger partial charge in [-0.15, -0.1) is 0 Å². The van der Waals surface area contributed by atoms with Crippen LogP contribution in [0.5, 0.6) is 0 Å². The molecule has 19 heavy (non-hydrogen) atoms. The molecule has 1 aliphatic heterocycles. The van der Waals surface area contributed by atoms with Crippen LogP contribution in [0, 0.1) is 6.92 Å². The Morgan fingerprint density at radius 2 is 1.89 bits per heavy atom. The number of amides is 1. The van der Waals surface area contributed by atoms with Crippen LogP contribution in [-0.2, 0) is 11.2 Å². The summed E-state index contributed by atoms with van der Waals surface area (Å²) in [6, 6.07) is 8.85. The van der Waals surface area contributed by atoms with Gasteiger partial charge in [0, 0.05) is 25.6 Å². The molecule has 1 fully saturated rings. The van der Waals surface area contributed by atoms with E-state index in [2.05, 4.69) is 31.2 Å². The van der Waals surface area contributed by atoms with Gasteiger partial charge in [0.15, 0.2) is 0 Å². The van der Waals surface area contributed by atoms with Crippen molar-refractivity contribution in [1.29, 1.82) is 0 Å². The van der Waals surface area contributed by atoms with E-state index < -0.39 is 0 Å². The fraction of sp³-hybridized carbons (Fsp3) is 0.562. The summed E-state index contributed by atoms with van der Waals surface area (Å²) in [4.78, 5) is 14.0. The summed E-state index contributed by atoms with van der Waals surface area (Å²) < 4.78 is 0. The van der Waals surface area contributed by atoms with Crippen molar-refractivity contribution in [3.8, 4) is 0 Å². The number of carbonyl (C=O) groups excluding carboxylic acids is 1. The Labute approximate surface area is 115 Å². The Hall–Kier alpha value is -1.35. The third kappa shape index (κ3) is 4.35. The molecule has 3 heteroatoms. The molecule has 0 unspecified atom stereocenters. The minimum atomic E-state index is 0.289. The maximum absolute atomic E-state index is 12.0. The van der Waals surface area contributed by atoms with Crippen LogP contribution < -0.4 is 5.73 Å². The van der Waals surface area contributed by atoms with Crippen LogP contribution in [0.25, 0.3) is 0 Å². The molecule has 1 aromatic rings. The molecule has 0 radical (unpaired) electrons. The fourth-order valence-corrected chi connectivity index (χ4v) is 2.51. The van der Waals surface area contributed by atoms with E-state index in [0.29, 0.717) is 12.3 Å². The number of piperidine rings is 1. The minimum Gasteiger partial charge on any atom is -0.343 e. The zero-order valence-electron chi connectivity index (χ0n) is 11.8. The number of nitrogens with two attached hydrogens (primary N) is 1. The van der Waals surface area contributed by atoms with Gasteiger partial charge in [0.25, 0.3) is 0 Å². The van der Waals surface area contributed by atoms with Crippen molar-refractivity contribution in [1.82, 2.24) is 4.90 Å². The summed E-state index contributed by atoms with van der Waals surface area (Å²) >= 11 is 0. The third-order valence-electron chi connectivity index (χ3n) is 3.87. The van der Waals surface area contributed by atoms with Crippen LogP contribution in [0.15, 0.2) is 24.3 Å². The van der Waals surface area contributed by atoms with Gasteiger partial charge in [-0.2, -0.15) is 0 Å². The van der Waals surface area contributed by atoms with E-state index in [9.17, 15) is 4.79 Å². The SMILES string of the molecule is Cc1ccc(CCCC(=O)N2CCC(N)CC2)cc1. The summed E-state index contributed by atoms with van der Waals surface area (Å²) in [5.41, 5.74) is 8.45. The molecule has 0 saturated carbocycles. The first-order valence-electron chi connectivity index (χ1n) is 7.24. The quantitative estimate of drug-likeness (QED) is 0.902. The molecule has 1 amide bonds. The average molecular weight is 260 g/mol. The predicted molar refractivity (Wildman–Crippen MR) is 77.9 cm³/mol. The molecule has 0 spiro atoms. The van der Waals surface area contributed by atoms with Crippen molar-refractivity contribution < 1.29 is 4.79 Å². The zero-order chi connectivity index (χ0) is 13.7. The number of rotatable bonds is 4. The normalized spacial score (nSPS) is 16.6.